The number of rotatable bonds is 8. The lowest BCUT2D eigenvalue weighted by Crippen LogP contribution is -2.53. The van der Waals surface area contributed by atoms with Crippen molar-refractivity contribution in [3.63, 3.8) is 0 Å². The van der Waals surface area contributed by atoms with Crippen molar-refractivity contribution in [1.29, 1.82) is 0 Å². The van der Waals surface area contributed by atoms with E-state index in [4.69, 9.17) is 10.5 Å². The van der Waals surface area contributed by atoms with Crippen molar-refractivity contribution >= 4 is 35.0 Å². The molecule has 4 N–H and O–H groups in total. The molecule has 1 heterocycles. The van der Waals surface area contributed by atoms with Crippen LogP contribution in [0.5, 0.6) is 5.75 Å². The van der Waals surface area contributed by atoms with Gasteiger partial charge in [0.1, 0.15) is 6.61 Å². The van der Waals surface area contributed by atoms with Gasteiger partial charge in [-0.05, 0) is 12.1 Å². The summed E-state index contributed by atoms with van der Waals surface area (Å²) in [4.78, 5) is 47.6. The van der Waals surface area contributed by atoms with Gasteiger partial charge in [0, 0.05) is 18.3 Å². The van der Waals surface area contributed by atoms with Gasteiger partial charge < -0.3 is 30.7 Å². The van der Waals surface area contributed by atoms with Crippen molar-refractivity contribution in [2.24, 2.45) is 5.73 Å². The van der Waals surface area contributed by atoms with Crippen molar-refractivity contribution in [2.75, 3.05) is 30.0 Å². The maximum atomic E-state index is 12.8. The zero-order chi connectivity index (χ0) is 22.4. The second-order valence-electron chi connectivity index (χ2n) is 5.79. The number of ether oxygens (including phenoxy) is 2. The monoisotopic (exact) mass is 436 g/mol. The first kappa shape index (κ1) is 22.9. The average Bonchev–Trinajstić information content (AvgIpc) is 2.66. The number of amides is 4. The van der Waals surface area contributed by atoms with E-state index in [1.807, 2.05) is 0 Å². The van der Waals surface area contributed by atoms with Gasteiger partial charge in [-0.15, -0.1) is 0 Å². The van der Waals surface area contributed by atoms with Crippen LogP contribution < -0.4 is 26.0 Å². The molecule has 1 fully saturated rings. The van der Waals surface area contributed by atoms with Crippen LogP contribution in [0.2, 0.25) is 0 Å². The number of alkyl halides is 4. The Morgan fingerprint density at radius 1 is 1.17 bits per heavy atom. The molecule has 14 heteroatoms. The molecule has 1 aliphatic rings. The van der Waals surface area contributed by atoms with Gasteiger partial charge in [0.15, 0.2) is 11.8 Å². The third-order valence-electron chi connectivity index (χ3n) is 3.75. The third-order valence-corrected chi connectivity index (χ3v) is 3.75. The number of nitrogens with two attached hydrogens (primary N) is 1. The molecule has 30 heavy (non-hydrogen) atoms. The minimum absolute atomic E-state index is 0.0287. The normalized spacial score (nSPS) is 15.1. The Bertz CT molecular complexity index is 838. The smallest absolute Gasteiger partial charge is 0.387 e. The van der Waals surface area contributed by atoms with Crippen molar-refractivity contribution in [3.05, 3.63) is 18.2 Å². The fourth-order valence-corrected chi connectivity index (χ4v) is 2.46. The molecule has 2 rings (SSSR count). The molecular weight excluding hydrogens is 420 g/mol. The minimum Gasteiger partial charge on any atom is -0.433 e. The first-order valence-corrected chi connectivity index (χ1v) is 8.25. The number of carbonyl (C=O) groups is 4. The number of benzene rings is 1. The predicted octanol–water partition coefficient (Wildman–Crippen LogP) is -0.175. The van der Waals surface area contributed by atoms with Gasteiger partial charge in [0.25, 0.3) is 17.7 Å². The molecule has 1 aliphatic heterocycles. The van der Waals surface area contributed by atoms with Crippen molar-refractivity contribution in [3.8, 4) is 5.75 Å². The van der Waals surface area contributed by atoms with E-state index in [0.29, 0.717) is 0 Å². The second-order valence-corrected chi connectivity index (χ2v) is 5.79. The summed E-state index contributed by atoms with van der Waals surface area (Å²) in [5.41, 5.74) is 4.71. The predicted molar refractivity (Wildman–Crippen MR) is 92.0 cm³/mol. The van der Waals surface area contributed by atoms with Crippen LogP contribution in [0.25, 0.3) is 0 Å². The Hall–Kier alpha value is -3.42. The SMILES string of the molecule is NC(=O)[C@H](NC(=O)C(F)F)C(=O)Nc1ccc(N2CCOCC2=O)c(OC(F)F)c1. The van der Waals surface area contributed by atoms with E-state index >= 15 is 0 Å². The van der Waals surface area contributed by atoms with Gasteiger partial charge in [-0.25, -0.2) is 0 Å². The molecule has 1 aromatic rings. The summed E-state index contributed by atoms with van der Waals surface area (Å²) in [5.74, 6) is -5.63. The number of hydrogen-bond acceptors (Lipinski definition) is 6. The van der Waals surface area contributed by atoms with E-state index in [1.165, 1.54) is 17.4 Å². The Morgan fingerprint density at radius 2 is 1.87 bits per heavy atom. The first-order chi connectivity index (χ1) is 14.1. The topological polar surface area (TPSA) is 140 Å². The second kappa shape index (κ2) is 9.87. The highest BCUT2D eigenvalue weighted by atomic mass is 19.3. The molecule has 10 nitrogen and oxygen atoms in total. The Labute approximate surface area is 166 Å². The minimum atomic E-state index is -3.50. The molecule has 0 spiro atoms. The lowest BCUT2D eigenvalue weighted by atomic mass is 10.2. The van der Waals surface area contributed by atoms with Crippen LogP contribution in [-0.4, -0.2) is 62.5 Å². The maximum Gasteiger partial charge on any atom is 0.387 e. The molecule has 0 saturated carbocycles. The zero-order valence-corrected chi connectivity index (χ0v) is 15.1. The molecule has 1 aromatic carbocycles. The molecule has 1 saturated heterocycles. The molecular formula is C16H16F4N4O6. The third kappa shape index (κ3) is 5.79. The number of morpholine rings is 1. The van der Waals surface area contributed by atoms with E-state index in [1.54, 1.807) is 0 Å². The Morgan fingerprint density at radius 3 is 2.43 bits per heavy atom. The highest BCUT2D eigenvalue weighted by Gasteiger charge is 2.30. The van der Waals surface area contributed by atoms with Crippen LogP contribution in [-0.2, 0) is 23.9 Å². The largest absolute Gasteiger partial charge is 0.433 e. The van der Waals surface area contributed by atoms with E-state index < -0.39 is 48.5 Å². The van der Waals surface area contributed by atoms with E-state index in [2.05, 4.69) is 10.1 Å². The maximum absolute atomic E-state index is 12.8. The number of halogens is 4. The van der Waals surface area contributed by atoms with Crippen LogP contribution in [0.15, 0.2) is 18.2 Å². The van der Waals surface area contributed by atoms with Crippen LogP contribution in [0.3, 0.4) is 0 Å². The van der Waals surface area contributed by atoms with Gasteiger partial charge in [-0.2, -0.15) is 17.6 Å². The fourth-order valence-electron chi connectivity index (χ4n) is 2.46. The van der Waals surface area contributed by atoms with Gasteiger partial charge in [-0.3, -0.25) is 19.2 Å². The van der Waals surface area contributed by atoms with Crippen LogP contribution in [0.4, 0.5) is 28.9 Å². The van der Waals surface area contributed by atoms with E-state index in [9.17, 15) is 36.7 Å². The standard InChI is InChI=1S/C16H16F4N4O6/c17-12(18)15(28)23-11(13(21)26)14(27)22-7-1-2-8(9(5-7)30-16(19)20)24-3-4-29-6-10(24)25/h1-2,5,11-12,16H,3-4,6H2,(H2,21,26)(H,22,27)(H,23,28)/t11-/m0/s1. The molecule has 0 unspecified atom stereocenters. The lowest BCUT2D eigenvalue weighted by molar-refractivity contribution is -0.138. The molecule has 4 amide bonds. The molecule has 0 aliphatic carbocycles. The molecule has 0 aromatic heterocycles. The number of nitrogens with one attached hydrogen (secondary N) is 2. The van der Waals surface area contributed by atoms with Crippen molar-refractivity contribution in [2.45, 2.75) is 19.1 Å². The summed E-state index contributed by atoms with van der Waals surface area (Å²) in [7, 11) is 0. The molecule has 164 valence electrons. The molecule has 1 atom stereocenters. The summed E-state index contributed by atoms with van der Waals surface area (Å²) >= 11 is 0. The summed E-state index contributed by atoms with van der Waals surface area (Å²) in [6.45, 7) is -3.32. The van der Waals surface area contributed by atoms with Crippen molar-refractivity contribution in [1.82, 2.24) is 5.32 Å². The number of carbonyl (C=O) groups excluding carboxylic acids is 4. The van der Waals surface area contributed by atoms with Crippen LogP contribution in [0.1, 0.15) is 0 Å². The zero-order valence-electron chi connectivity index (χ0n) is 15.1. The quantitative estimate of drug-likeness (QED) is 0.382. The van der Waals surface area contributed by atoms with Gasteiger partial charge in [0.05, 0.1) is 12.3 Å². The summed E-state index contributed by atoms with van der Waals surface area (Å²) in [5, 5.41) is 3.53. The Balaban J connectivity index is 2.26. The Kier molecular flexibility index (Phi) is 7.52. The van der Waals surface area contributed by atoms with Gasteiger partial charge in [0.2, 0.25) is 5.91 Å². The fraction of sp³-hybridized carbons (Fsp3) is 0.375. The number of anilines is 2. The molecule has 0 radical (unpaired) electrons. The lowest BCUT2D eigenvalue weighted by Gasteiger charge is -2.28. The highest BCUT2D eigenvalue weighted by molar-refractivity contribution is 6.11. The van der Waals surface area contributed by atoms with Crippen molar-refractivity contribution < 1.29 is 46.2 Å². The number of nitrogens with zero attached hydrogens (tertiary/aromatic N) is 1. The summed E-state index contributed by atoms with van der Waals surface area (Å²) in [6.07, 6.45) is -3.50. The highest BCUT2D eigenvalue weighted by Crippen LogP contribution is 2.33. The molecule has 0 bridgehead atoms. The van der Waals surface area contributed by atoms with Gasteiger partial charge >= 0.3 is 13.0 Å². The first-order valence-electron chi connectivity index (χ1n) is 8.25. The van der Waals surface area contributed by atoms with Crippen LogP contribution >= 0.6 is 0 Å². The average molecular weight is 436 g/mol. The number of primary amides is 1. The van der Waals surface area contributed by atoms with E-state index in [0.717, 1.165) is 11.0 Å². The van der Waals surface area contributed by atoms with Crippen LogP contribution in [0, 0.1) is 0 Å². The summed E-state index contributed by atoms with van der Waals surface area (Å²) < 4.78 is 59.6. The van der Waals surface area contributed by atoms with E-state index in [-0.39, 0.29) is 31.1 Å². The summed E-state index contributed by atoms with van der Waals surface area (Å²) in [6, 6.07) is 1.15. The van der Waals surface area contributed by atoms with Gasteiger partial charge in [-0.1, -0.05) is 0 Å². The number of hydrogen-bond donors (Lipinski definition) is 3.